The van der Waals surface area contributed by atoms with Crippen molar-refractivity contribution in [2.45, 2.75) is 37.8 Å². The molecule has 0 heterocycles. The number of hydrogen-bond donors (Lipinski definition) is 6. The number of unbranched alkanes of at least 4 members (excludes halogenated alkanes) is 1. The normalized spacial score (nSPS) is 13.0. The fourth-order valence-electron chi connectivity index (χ4n) is 1.64. The minimum atomic E-state index is -1.20. The van der Waals surface area contributed by atoms with Gasteiger partial charge in [0, 0.05) is 0 Å². The van der Waals surface area contributed by atoms with Crippen LogP contribution in [-0.2, 0) is 19.2 Å². The van der Waals surface area contributed by atoms with E-state index in [1.54, 1.807) is 0 Å². The number of nitrogens with one attached hydrogen (secondary N) is 2. The smallest absolute Gasteiger partial charge is 0.322 e. The second kappa shape index (κ2) is 10.5. The number of carbonyl (C=O) groups is 4. The van der Waals surface area contributed by atoms with Gasteiger partial charge in [0.25, 0.3) is 0 Å². The minimum Gasteiger partial charge on any atom is -0.480 e. The number of carboxylic acid groups (broad SMARTS) is 1. The third-order valence-electron chi connectivity index (χ3n) is 2.75. The third-order valence-corrected chi connectivity index (χ3v) is 2.75. The fourth-order valence-corrected chi connectivity index (χ4v) is 1.64. The average Bonchev–Trinajstić information content (AvgIpc) is 2.42. The summed E-state index contributed by atoms with van der Waals surface area (Å²) in [7, 11) is 0. The Labute approximate surface area is 127 Å². The first kappa shape index (κ1) is 19.8. The number of aliphatic carboxylic acids is 1. The van der Waals surface area contributed by atoms with E-state index in [4.69, 9.17) is 22.3 Å². The molecule has 0 aromatic carbocycles. The van der Waals surface area contributed by atoms with E-state index in [2.05, 4.69) is 10.6 Å². The van der Waals surface area contributed by atoms with Crippen LogP contribution in [0, 0.1) is 0 Å². The molecule has 0 fully saturated rings. The van der Waals surface area contributed by atoms with Crippen molar-refractivity contribution in [3.63, 3.8) is 0 Å². The van der Waals surface area contributed by atoms with Gasteiger partial charge in [0.1, 0.15) is 12.6 Å². The van der Waals surface area contributed by atoms with Gasteiger partial charge in [-0.1, -0.05) is 0 Å². The minimum absolute atomic E-state index is 0.275. The van der Waals surface area contributed by atoms with Crippen molar-refractivity contribution in [1.82, 2.24) is 10.6 Å². The number of hydrogen-bond acceptors (Lipinski definition) is 6. The number of carbonyl (C=O) groups excluding carboxylic acids is 3. The van der Waals surface area contributed by atoms with E-state index in [9.17, 15) is 19.2 Å². The Hall–Kier alpha value is -2.20. The Morgan fingerprint density at radius 1 is 1.09 bits per heavy atom. The van der Waals surface area contributed by atoms with Crippen LogP contribution in [0.25, 0.3) is 0 Å². The maximum Gasteiger partial charge on any atom is 0.322 e. The van der Waals surface area contributed by atoms with Crippen LogP contribution in [-0.4, -0.2) is 54.0 Å². The second-order valence-corrected chi connectivity index (χ2v) is 4.73. The number of nitrogens with two attached hydrogens (primary N) is 3. The molecule has 126 valence electrons. The van der Waals surface area contributed by atoms with E-state index < -0.39 is 42.3 Å². The SMILES string of the molecule is NCCCCC(NC(=O)C(N)CC(N)=O)C(=O)NCC(=O)O. The van der Waals surface area contributed by atoms with Crippen molar-refractivity contribution in [3.8, 4) is 0 Å². The molecule has 2 unspecified atom stereocenters. The molecule has 0 saturated heterocycles. The summed E-state index contributed by atoms with van der Waals surface area (Å²) in [5.41, 5.74) is 15.8. The summed E-state index contributed by atoms with van der Waals surface area (Å²) in [5.74, 6) is -3.29. The van der Waals surface area contributed by atoms with Crippen molar-refractivity contribution in [1.29, 1.82) is 0 Å². The van der Waals surface area contributed by atoms with Crippen LogP contribution in [0.15, 0.2) is 0 Å². The van der Waals surface area contributed by atoms with Gasteiger partial charge in [0.15, 0.2) is 0 Å². The lowest BCUT2D eigenvalue weighted by atomic mass is 10.1. The molecule has 0 aliphatic rings. The van der Waals surface area contributed by atoms with Crippen LogP contribution >= 0.6 is 0 Å². The van der Waals surface area contributed by atoms with Gasteiger partial charge >= 0.3 is 5.97 Å². The van der Waals surface area contributed by atoms with E-state index in [1.165, 1.54) is 0 Å². The topological polar surface area (TPSA) is 191 Å². The zero-order valence-corrected chi connectivity index (χ0v) is 12.2. The Balaban J connectivity index is 4.62. The van der Waals surface area contributed by atoms with Gasteiger partial charge in [0.2, 0.25) is 17.7 Å². The van der Waals surface area contributed by atoms with Gasteiger partial charge in [-0.15, -0.1) is 0 Å². The number of primary amides is 1. The first-order valence-electron chi connectivity index (χ1n) is 6.81. The molecule has 0 spiro atoms. The molecule has 0 aliphatic carbocycles. The first-order valence-corrected chi connectivity index (χ1v) is 6.81. The van der Waals surface area contributed by atoms with Gasteiger partial charge < -0.3 is 32.9 Å². The number of amides is 3. The van der Waals surface area contributed by atoms with Crippen molar-refractivity contribution in [3.05, 3.63) is 0 Å². The lowest BCUT2D eigenvalue weighted by molar-refractivity contribution is -0.138. The Morgan fingerprint density at radius 2 is 1.73 bits per heavy atom. The molecular formula is C12H23N5O5. The van der Waals surface area contributed by atoms with Crippen molar-refractivity contribution >= 4 is 23.7 Å². The van der Waals surface area contributed by atoms with Gasteiger partial charge in [-0.2, -0.15) is 0 Å². The summed E-state index contributed by atoms with van der Waals surface area (Å²) in [6, 6.07) is -2.11. The zero-order valence-electron chi connectivity index (χ0n) is 12.2. The van der Waals surface area contributed by atoms with E-state index in [-0.39, 0.29) is 12.8 Å². The van der Waals surface area contributed by atoms with Crippen LogP contribution in [0.5, 0.6) is 0 Å². The molecule has 0 aliphatic heterocycles. The molecule has 0 aromatic heterocycles. The second-order valence-electron chi connectivity index (χ2n) is 4.73. The molecule has 10 heteroatoms. The molecule has 10 nitrogen and oxygen atoms in total. The summed E-state index contributed by atoms with van der Waals surface area (Å²) in [4.78, 5) is 44.8. The first-order chi connectivity index (χ1) is 10.3. The molecule has 0 rings (SSSR count). The van der Waals surface area contributed by atoms with E-state index >= 15 is 0 Å². The van der Waals surface area contributed by atoms with Crippen LogP contribution < -0.4 is 27.8 Å². The molecule has 0 bridgehead atoms. The molecule has 3 amide bonds. The summed E-state index contributed by atoms with van der Waals surface area (Å²) in [5, 5.41) is 13.1. The van der Waals surface area contributed by atoms with Gasteiger partial charge in [0.05, 0.1) is 12.5 Å². The van der Waals surface area contributed by atoms with Crippen LogP contribution in [0.4, 0.5) is 0 Å². The molecule has 0 aromatic rings. The Kier molecular flexibility index (Phi) is 9.46. The Bertz CT molecular complexity index is 415. The lowest BCUT2D eigenvalue weighted by Gasteiger charge is -2.20. The van der Waals surface area contributed by atoms with Crippen molar-refractivity contribution in [2.75, 3.05) is 13.1 Å². The summed E-state index contributed by atoms with van der Waals surface area (Å²) in [6.45, 7) is -0.131. The molecular weight excluding hydrogens is 294 g/mol. The summed E-state index contributed by atoms with van der Waals surface area (Å²) < 4.78 is 0. The average molecular weight is 317 g/mol. The van der Waals surface area contributed by atoms with Gasteiger partial charge in [-0.25, -0.2) is 0 Å². The highest BCUT2D eigenvalue weighted by molar-refractivity contribution is 5.92. The highest BCUT2D eigenvalue weighted by Gasteiger charge is 2.24. The number of carboxylic acids is 1. The van der Waals surface area contributed by atoms with Crippen molar-refractivity contribution in [2.24, 2.45) is 17.2 Å². The molecule has 0 saturated carbocycles. The monoisotopic (exact) mass is 317 g/mol. The van der Waals surface area contributed by atoms with Crippen LogP contribution in [0.2, 0.25) is 0 Å². The van der Waals surface area contributed by atoms with Crippen LogP contribution in [0.1, 0.15) is 25.7 Å². The Morgan fingerprint density at radius 3 is 2.23 bits per heavy atom. The van der Waals surface area contributed by atoms with Gasteiger partial charge in [-0.05, 0) is 25.8 Å². The fraction of sp³-hybridized carbons (Fsp3) is 0.667. The zero-order chi connectivity index (χ0) is 17.1. The van der Waals surface area contributed by atoms with E-state index in [0.29, 0.717) is 19.4 Å². The largest absolute Gasteiger partial charge is 0.480 e. The summed E-state index contributed by atoms with van der Waals surface area (Å²) >= 11 is 0. The highest BCUT2D eigenvalue weighted by atomic mass is 16.4. The lowest BCUT2D eigenvalue weighted by Crippen LogP contribution is -2.52. The van der Waals surface area contributed by atoms with Gasteiger partial charge in [-0.3, -0.25) is 19.2 Å². The predicted molar refractivity (Wildman–Crippen MR) is 77.3 cm³/mol. The maximum absolute atomic E-state index is 11.9. The molecule has 9 N–H and O–H groups in total. The van der Waals surface area contributed by atoms with Crippen molar-refractivity contribution < 1.29 is 24.3 Å². The number of rotatable bonds is 11. The van der Waals surface area contributed by atoms with E-state index in [0.717, 1.165) is 0 Å². The standard InChI is InChI=1S/C12H23N5O5/c13-4-2-1-3-8(12(22)16-6-10(19)20)17-11(21)7(14)5-9(15)18/h7-8H,1-6,13-14H2,(H2,15,18)(H,16,22)(H,17,21)(H,19,20). The van der Waals surface area contributed by atoms with E-state index in [1.807, 2.05) is 0 Å². The molecule has 0 radical (unpaired) electrons. The summed E-state index contributed by atoms with van der Waals surface area (Å²) in [6.07, 6.45) is 1.13. The highest BCUT2D eigenvalue weighted by Crippen LogP contribution is 2.02. The quantitative estimate of drug-likeness (QED) is 0.219. The molecule has 22 heavy (non-hydrogen) atoms. The molecule has 2 atom stereocenters. The predicted octanol–water partition coefficient (Wildman–Crippen LogP) is -3.00. The third kappa shape index (κ3) is 8.87. The maximum atomic E-state index is 11.9. The van der Waals surface area contributed by atoms with Crippen LogP contribution in [0.3, 0.4) is 0 Å².